The van der Waals surface area contributed by atoms with Gasteiger partial charge in [-0.3, -0.25) is 9.59 Å². The maximum atomic E-state index is 11.8. The van der Waals surface area contributed by atoms with Crippen molar-refractivity contribution in [3.05, 3.63) is 59.7 Å². The first-order valence-corrected chi connectivity index (χ1v) is 7.72. The molecule has 0 aromatic heterocycles. The number of hydrogen-bond acceptors (Lipinski definition) is 4. The minimum Gasteiger partial charge on any atom is -0.496 e. The van der Waals surface area contributed by atoms with Crippen LogP contribution in [0.4, 0.5) is 0 Å². The number of nitrogens with one attached hydrogen (secondary N) is 1. The van der Waals surface area contributed by atoms with E-state index in [1.807, 2.05) is 24.3 Å². The number of methoxy groups -OCH3 is 1. The molecular formula is C19H21NO4. The molecule has 0 saturated heterocycles. The van der Waals surface area contributed by atoms with Crippen LogP contribution in [0.3, 0.4) is 0 Å². The summed E-state index contributed by atoms with van der Waals surface area (Å²) in [6, 6.07) is 14.5. The second kappa shape index (κ2) is 8.72. The Morgan fingerprint density at radius 3 is 2.62 bits per heavy atom. The lowest BCUT2D eigenvalue weighted by Gasteiger charge is -2.10. The first kappa shape index (κ1) is 17.5. The molecule has 0 saturated carbocycles. The van der Waals surface area contributed by atoms with Gasteiger partial charge in [-0.25, -0.2) is 0 Å². The smallest absolute Gasteiger partial charge is 0.257 e. The summed E-state index contributed by atoms with van der Waals surface area (Å²) in [6.45, 7) is 1.90. The molecule has 0 bridgehead atoms. The average molecular weight is 327 g/mol. The minimum atomic E-state index is -0.210. The molecule has 0 spiro atoms. The van der Waals surface area contributed by atoms with Crippen LogP contribution in [0.15, 0.2) is 48.5 Å². The molecule has 0 aliphatic heterocycles. The summed E-state index contributed by atoms with van der Waals surface area (Å²) in [5.41, 5.74) is 1.60. The highest BCUT2D eigenvalue weighted by Crippen LogP contribution is 2.17. The highest BCUT2D eigenvalue weighted by molar-refractivity contribution is 5.94. The molecule has 1 amide bonds. The lowest BCUT2D eigenvalue weighted by atomic mass is 10.1. The van der Waals surface area contributed by atoms with Crippen LogP contribution in [0, 0.1) is 0 Å². The van der Waals surface area contributed by atoms with Gasteiger partial charge in [0.15, 0.2) is 12.4 Å². The van der Waals surface area contributed by atoms with Crippen molar-refractivity contribution < 1.29 is 19.1 Å². The van der Waals surface area contributed by atoms with Crippen LogP contribution in [-0.2, 0) is 11.2 Å². The van der Waals surface area contributed by atoms with Crippen molar-refractivity contribution in [2.75, 3.05) is 20.3 Å². The number of carbonyl (C=O) groups excluding carboxylic acids is 2. The Bertz CT molecular complexity index is 712. The van der Waals surface area contributed by atoms with Crippen LogP contribution in [0.1, 0.15) is 22.8 Å². The lowest BCUT2D eigenvalue weighted by molar-refractivity contribution is -0.123. The summed E-state index contributed by atoms with van der Waals surface area (Å²) in [5.74, 6) is 1.06. The summed E-state index contributed by atoms with van der Waals surface area (Å²) in [7, 11) is 1.63. The van der Waals surface area contributed by atoms with Crippen LogP contribution < -0.4 is 14.8 Å². The van der Waals surface area contributed by atoms with Crippen LogP contribution in [0.25, 0.3) is 0 Å². The number of ketones is 1. The van der Waals surface area contributed by atoms with E-state index in [2.05, 4.69) is 5.32 Å². The van der Waals surface area contributed by atoms with Crippen LogP contribution in [0.5, 0.6) is 11.5 Å². The quantitative estimate of drug-likeness (QED) is 0.757. The van der Waals surface area contributed by atoms with Gasteiger partial charge in [0, 0.05) is 12.1 Å². The van der Waals surface area contributed by atoms with Crippen LogP contribution >= 0.6 is 0 Å². The van der Waals surface area contributed by atoms with Gasteiger partial charge in [-0.2, -0.15) is 0 Å². The van der Waals surface area contributed by atoms with E-state index < -0.39 is 0 Å². The third kappa shape index (κ3) is 5.12. The van der Waals surface area contributed by atoms with E-state index in [1.165, 1.54) is 6.92 Å². The standard InChI is InChI=1S/C19H21NO4/c1-14(21)16-7-5-8-17(12-16)24-13-19(22)20-11-10-15-6-3-4-9-18(15)23-2/h3-9,12H,10-11,13H2,1-2H3,(H,20,22). The second-order valence-electron chi connectivity index (χ2n) is 5.28. The van der Waals surface area contributed by atoms with Crippen molar-refractivity contribution in [3.63, 3.8) is 0 Å². The predicted octanol–water partition coefficient (Wildman–Crippen LogP) is 2.64. The second-order valence-corrected chi connectivity index (χ2v) is 5.28. The first-order chi connectivity index (χ1) is 11.6. The van der Waals surface area contributed by atoms with Crippen molar-refractivity contribution in [2.24, 2.45) is 0 Å². The number of carbonyl (C=O) groups is 2. The molecule has 1 N–H and O–H groups in total. The molecule has 0 aliphatic rings. The number of amides is 1. The highest BCUT2D eigenvalue weighted by Gasteiger charge is 2.06. The Labute approximate surface area is 141 Å². The Kier molecular flexibility index (Phi) is 6.37. The molecule has 0 atom stereocenters. The molecule has 0 unspecified atom stereocenters. The Morgan fingerprint density at radius 1 is 1.08 bits per heavy atom. The largest absolute Gasteiger partial charge is 0.496 e. The fourth-order valence-electron chi connectivity index (χ4n) is 2.25. The minimum absolute atomic E-state index is 0.0401. The molecule has 5 heteroatoms. The predicted molar refractivity (Wildman–Crippen MR) is 91.6 cm³/mol. The molecule has 0 heterocycles. The SMILES string of the molecule is COc1ccccc1CCNC(=O)COc1cccc(C(C)=O)c1. The maximum absolute atomic E-state index is 11.8. The Morgan fingerprint density at radius 2 is 1.88 bits per heavy atom. The molecule has 126 valence electrons. The molecule has 0 aliphatic carbocycles. The van der Waals surface area contributed by atoms with Gasteiger partial charge in [0.1, 0.15) is 11.5 Å². The molecule has 5 nitrogen and oxygen atoms in total. The van der Waals surface area contributed by atoms with E-state index in [1.54, 1.807) is 31.4 Å². The molecular weight excluding hydrogens is 306 g/mol. The van der Waals surface area contributed by atoms with Crippen molar-refractivity contribution in [1.29, 1.82) is 0 Å². The number of ether oxygens (including phenoxy) is 2. The number of para-hydroxylation sites is 1. The average Bonchev–Trinajstić information content (AvgIpc) is 2.60. The highest BCUT2D eigenvalue weighted by atomic mass is 16.5. The van der Waals surface area contributed by atoms with Gasteiger partial charge in [-0.15, -0.1) is 0 Å². The molecule has 0 fully saturated rings. The van der Waals surface area contributed by atoms with E-state index in [0.717, 1.165) is 11.3 Å². The fraction of sp³-hybridized carbons (Fsp3) is 0.263. The van der Waals surface area contributed by atoms with Crippen LogP contribution in [-0.4, -0.2) is 32.0 Å². The van der Waals surface area contributed by atoms with Gasteiger partial charge < -0.3 is 14.8 Å². The van der Waals surface area contributed by atoms with E-state index >= 15 is 0 Å². The lowest BCUT2D eigenvalue weighted by Crippen LogP contribution is -2.30. The summed E-state index contributed by atoms with van der Waals surface area (Å²) < 4.78 is 10.7. The molecule has 0 radical (unpaired) electrons. The number of benzene rings is 2. The van der Waals surface area contributed by atoms with E-state index in [9.17, 15) is 9.59 Å². The van der Waals surface area contributed by atoms with Gasteiger partial charge >= 0.3 is 0 Å². The van der Waals surface area contributed by atoms with E-state index in [-0.39, 0.29) is 18.3 Å². The zero-order valence-corrected chi connectivity index (χ0v) is 13.9. The Balaban J connectivity index is 1.77. The molecule has 2 rings (SSSR count). The normalized spacial score (nSPS) is 10.1. The Hall–Kier alpha value is -2.82. The molecule has 2 aromatic carbocycles. The molecule has 24 heavy (non-hydrogen) atoms. The summed E-state index contributed by atoms with van der Waals surface area (Å²) in [4.78, 5) is 23.2. The van der Waals surface area contributed by atoms with Gasteiger partial charge in [-0.1, -0.05) is 30.3 Å². The maximum Gasteiger partial charge on any atom is 0.257 e. The van der Waals surface area contributed by atoms with E-state index in [0.29, 0.717) is 24.3 Å². The number of rotatable bonds is 8. The van der Waals surface area contributed by atoms with Crippen molar-refractivity contribution in [2.45, 2.75) is 13.3 Å². The molecule has 2 aromatic rings. The van der Waals surface area contributed by atoms with Crippen molar-refractivity contribution >= 4 is 11.7 Å². The summed E-state index contributed by atoms with van der Waals surface area (Å²) >= 11 is 0. The fourth-order valence-corrected chi connectivity index (χ4v) is 2.25. The number of Topliss-reactive ketones (excluding diaryl/α,β-unsaturated/α-hetero) is 1. The monoisotopic (exact) mass is 327 g/mol. The zero-order valence-electron chi connectivity index (χ0n) is 13.9. The summed E-state index contributed by atoms with van der Waals surface area (Å²) in [6.07, 6.45) is 0.676. The van der Waals surface area contributed by atoms with Gasteiger partial charge in [0.2, 0.25) is 0 Å². The van der Waals surface area contributed by atoms with Crippen LogP contribution in [0.2, 0.25) is 0 Å². The van der Waals surface area contributed by atoms with E-state index in [4.69, 9.17) is 9.47 Å². The van der Waals surface area contributed by atoms with Gasteiger partial charge in [0.05, 0.1) is 7.11 Å². The summed E-state index contributed by atoms with van der Waals surface area (Å²) in [5, 5.41) is 2.80. The third-order valence-electron chi connectivity index (χ3n) is 3.52. The van der Waals surface area contributed by atoms with Gasteiger partial charge in [0.25, 0.3) is 5.91 Å². The third-order valence-corrected chi connectivity index (χ3v) is 3.52. The number of hydrogen-bond donors (Lipinski definition) is 1. The van der Waals surface area contributed by atoms with Gasteiger partial charge in [-0.05, 0) is 37.1 Å². The van der Waals surface area contributed by atoms with Crippen molar-refractivity contribution in [1.82, 2.24) is 5.32 Å². The van der Waals surface area contributed by atoms with Crippen molar-refractivity contribution in [3.8, 4) is 11.5 Å². The zero-order chi connectivity index (χ0) is 17.4. The topological polar surface area (TPSA) is 64.6 Å². The first-order valence-electron chi connectivity index (χ1n) is 7.72.